The minimum absolute atomic E-state index is 0.0656. The fourth-order valence-corrected chi connectivity index (χ4v) is 2.32. The molecule has 0 aliphatic rings. The van der Waals surface area contributed by atoms with Crippen molar-refractivity contribution in [1.82, 2.24) is 4.98 Å². The Morgan fingerprint density at radius 1 is 1.32 bits per heavy atom. The number of nitrogens with one attached hydrogen (secondary N) is 1. The molecule has 0 aliphatic heterocycles. The van der Waals surface area contributed by atoms with Gasteiger partial charge in [-0.05, 0) is 17.7 Å². The maximum Gasteiger partial charge on any atom is 0.268 e. The number of halogens is 2. The molecular weight excluding hydrogens is 311 g/mol. The maximum atomic E-state index is 14.0. The summed E-state index contributed by atoms with van der Waals surface area (Å²) in [5.74, 6) is -1.19. The van der Waals surface area contributed by atoms with Gasteiger partial charge in [-0.2, -0.15) is 10.5 Å². The van der Waals surface area contributed by atoms with Gasteiger partial charge in [0.05, 0.1) is 12.1 Å². The molecule has 0 amide bonds. The van der Waals surface area contributed by atoms with Gasteiger partial charge in [0, 0.05) is 5.56 Å². The highest BCUT2D eigenvalue weighted by molar-refractivity contribution is 6.32. The van der Waals surface area contributed by atoms with Gasteiger partial charge in [-0.3, -0.25) is 4.79 Å². The molecule has 3 N–H and O–H groups in total. The van der Waals surface area contributed by atoms with E-state index in [1.54, 1.807) is 12.1 Å². The smallest absolute Gasteiger partial charge is 0.268 e. The topological polar surface area (TPSA) is 116 Å². The molecule has 1 aromatic heterocycles. The number of aromatic amines is 1. The van der Waals surface area contributed by atoms with Crippen LogP contribution in [0.1, 0.15) is 11.1 Å². The molecule has 6 nitrogen and oxygen atoms in total. The quantitative estimate of drug-likeness (QED) is 0.880. The number of nitrogens with zero attached hydrogens (tertiary/aromatic N) is 2. The minimum Gasteiger partial charge on any atom is -0.492 e. The second-order valence-electron chi connectivity index (χ2n) is 4.19. The zero-order chi connectivity index (χ0) is 16.4. The lowest BCUT2D eigenvalue weighted by Crippen LogP contribution is -2.16. The fourth-order valence-electron chi connectivity index (χ4n) is 2.03. The van der Waals surface area contributed by atoms with E-state index in [-0.39, 0.29) is 38.8 Å². The van der Waals surface area contributed by atoms with Crippen LogP contribution < -0.4 is 16.0 Å². The van der Waals surface area contributed by atoms with Crippen molar-refractivity contribution in [2.45, 2.75) is 0 Å². The van der Waals surface area contributed by atoms with Gasteiger partial charge in [0.1, 0.15) is 29.1 Å². The van der Waals surface area contributed by atoms with Crippen molar-refractivity contribution in [2.75, 3.05) is 12.8 Å². The van der Waals surface area contributed by atoms with Gasteiger partial charge in [0.25, 0.3) is 5.56 Å². The average molecular weight is 319 g/mol. The Bertz CT molecular complexity index is 886. The van der Waals surface area contributed by atoms with Crippen LogP contribution in [0.5, 0.6) is 5.75 Å². The first kappa shape index (κ1) is 15.4. The number of H-pyrrole nitrogens is 1. The average Bonchev–Trinajstić information content (AvgIpc) is 2.46. The standard InChI is InChI=1S/C14H8ClFN4O2/c1-22-12-9(15)2-6(3-10(12)16)11-7(4-17)13(19)20-14(21)8(11)5-18/h2-3H,1H3,(H3,19,20,21). The summed E-state index contributed by atoms with van der Waals surface area (Å²) >= 11 is 5.91. The lowest BCUT2D eigenvalue weighted by Gasteiger charge is -2.11. The van der Waals surface area contributed by atoms with E-state index in [1.165, 1.54) is 13.2 Å². The third-order valence-corrected chi connectivity index (χ3v) is 3.24. The van der Waals surface area contributed by atoms with Crippen LogP contribution >= 0.6 is 11.6 Å². The summed E-state index contributed by atoms with van der Waals surface area (Å²) in [7, 11) is 1.25. The fraction of sp³-hybridized carbons (Fsp3) is 0.0714. The van der Waals surface area contributed by atoms with E-state index in [2.05, 4.69) is 4.98 Å². The van der Waals surface area contributed by atoms with Crippen LogP contribution in [0.25, 0.3) is 11.1 Å². The number of methoxy groups -OCH3 is 1. The highest BCUT2D eigenvalue weighted by Crippen LogP contribution is 2.35. The van der Waals surface area contributed by atoms with E-state index in [4.69, 9.17) is 27.3 Å². The van der Waals surface area contributed by atoms with Crippen LogP contribution in [-0.4, -0.2) is 12.1 Å². The Kier molecular flexibility index (Phi) is 4.02. The van der Waals surface area contributed by atoms with E-state index < -0.39 is 11.4 Å². The van der Waals surface area contributed by atoms with Crippen molar-refractivity contribution in [2.24, 2.45) is 0 Å². The van der Waals surface area contributed by atoms with Gasteiger partial charge in [-0.15, -0.1) is 0 Å². The summed E-state index contributed by atoms with van der Waals surface area (Å²) in [6.07, 6.45) is 0. The number of anilines is 1. The van der Waals surface area contributed by atoms with Crippen molar-refractivity contribution in [3.63, 3.8) is 0 Å². The van der Waals surface area contributed by atoms with E-state index in [0.29, 0.717) is 0 Å². The molecule has 0 spiro atoms. The molecule has 8 heteroatoms. The molecule has 0 saturated heterocycles. The number of nitriles is 2. The summed E-state index contributed by atoms with van der Waals surface area (Å²) in [5.41, 5.74) is 4.32. The molecule has 0 aliphatic carbocycles. The first-order chi connectivity index (χ1) is 10.4. The SMILES string of the molecule is COc1c(F)cc(-c2c(C#N)c(N)[nH]c(=O)c2C#N)cc1Cl. The zero-order valence-electron chi connectivity index (χ0n) is 11.2. The summed E-state index contributed by atoms with van der Waals surface area (Å²) in [5, 5.41) is 18.3. The first-order valence-electron chi connectivity index (χ1n) is 5.84. The Morgan fingerprint density at radius 2 is 1.95 bits per heavy atom. The number of nitrogens with two attached hydrogens (primary N) is 1. The Morgan fingerprint density at radius 3 is 2.45 bits per heavy atom. The molecule has 2 rings (SSSR count). The third-order valence-electron chi connectivity index (χ3n) is 2.96. The number of hydrogen-bond donors (Lipinski definition) is 2. The Hall–Kier alpha value is -3.03. The number of pyridine rings is 1. The van der Waals surface area contributed by atoms with Crippen LogP contribution in [-0.2, 0) is 0 Å². The highest BCUT2D eigenvalue weighted by Gasteiger charge is 2.20. The molecule has 0 bridgehead atoms. The predicted molar refractivity (Wildman–Crippen MR) is 77.9 cm³/mol. The minimum atomic E-state index is -0.795. The van der Waals surface area contributed by atoms with Crippen molar-refractivity contribution in [1.29, 1.82) is 10.5 Å². The zero-order valence-corrected chi connectivity index (χ0v) is 12.0. The van der Waals surface area contributed by atoms with Gasteiger partial charge in [0.15, 0.2) is 11.6 Å². The van der Waals surface area contributed by atoms with Crippen molar-refractivity contribution < 1.29 is 9.13 Å². The number of benzene rings is 1. The van der Waals surface area contributed by atoms with Gasteiger partial charge < -0.3 is 15.5 Å². The van der Waals surface area contributed by atoms with Crippen molar-refractivity contribution in [3.05, 3.63) is 44.5 Å². The molecule has 110 valence electrons. The van der Waals surface area contributed by atoms with Gasteiger partial charge in [-0.1, -0.05) is 11.6 Å². The van der Waals surface area contributed by atoms with Crippen LogP contribution in [0.3, 0.4) is 0 Å². The lowest BCUT2D eigenvalue weighted by molar-refractivity contribution is 0.387. The molecule has 22 heavy (non-hydrogen) atoms. The summed E-state index contributed by atoms with van der Waals surface area (Å²) in [4.78, 5) is 14.0. The monoisotopic (exact) mass is 318 g/mol. The second kappa shape index (κ2) is 5.76. The number of aromatic nitrogens is 1. The van der Waals surface area contributed by atoms with E-state index >= 15 is 0 Å². The van der Waals surface area contributed by atoms with Crippen LogP contribution in [0.15, 0.2) is 16.9 Å². The third kappa shape index (κ3) is 2.34. The first-order valence-corrected chi connectivity index (χ1v) is 6.21. The molecule has 2 aromatic rings. The molecule has 0 radical (unpaired) electrons. The van der Waals surface area contributed by atoms with Crippen LogP contribution in [0.2, 0.25) is 5.02 Å². The normalized spacial score (nSPS) is 9.86. The van der Waals surface area contributed by atoms with Gasteiger partial charge in [-0.25, -0.2) is 4.39 Å². The Labute approximate surface area is 129 Å². The summed E-state index contributed by atoms with van der Waals surface area (Å²) in [6, 6.07) is 5.78. The van der Waals surface area contributed by atoms with Crippen LogP contribution in [0.4, 0.5) is 10.2 Å². The summed E-state index contributed by atoms with van der Waals surface area (Å²) < 4.78 is 18.8. The highest BCUT2D eigenvalue weighted by atomic mass is 35.5. The second-order valence-corrected chi connectivity index (χ2v) is 4.60. The number of rotatable bonds is 2. The molecule has 0 saturated carbocycles. The maximum absolute atomic E-state index is 14.0. The molecule has 1 aromatic carbocycles. The molecular formula is C14H8ClFN4O2. The van der Waals surface area contributed by atoms with Gasteiger partial charge in [0.2, 0.25) is 0 Å². The largest absolute Gasteiger partial charge is 0.492 e. The van der Waals surface area contributed by atoms with E-state index in [9.17, 15) is 14.4 Å². The predicted octanol–water partition coefficient (Wildman–Crippen LogP) is 2.17. The van der Waals surface area contributed by atoms with Crippen molar-refractivity contribution in [3.8, 4) is 29.0 Å². The molecule has 0 unspecified atom stereocenters. The number of ether oxygens (including phenoxy) is 1. The number of nitrogen functional groups attached to an aromatic ring is 1. The summed E-state index contributed by atoms with van der Waals surface area (Å²) in [6.45, 7) is 0. The Balaban J connectivity index is 2.93. The van der Waals surface area contributed by atoms with Crippen LogP contribution in [0, 0.1) is 28.5 Å². The lowest BCUT2D eigenvalue weighted by atomic mass is 9.96. The molecule has 0 atom stereocenters. The molecule has 1 heterocycles. The van der Waals surface area contributed by atoms with Gasteiger partial charge >= 0.3 is 0 Å². The number of hydrogen-bond acceptors (Lipinski definition) is 5. The van der Waals surface area contributed by atoms with E-state index in [0.717, 1.165) is 6.07 Å². The van der Waals surface area contributed by atoms with Crippen molar-refractivity contribution >= 4 is 17.4 Å². The van der Waals surface area contributed by atoms with E-state index in [1.807, 2.05) is 0 Å². The molecule has 0 fully saturated rings.